The van der Waals surface area contributed by atoms with Crippen LogP contribution < -0.4 is 0 Å². The normalized spacial score (nSPS) is 19.1. The molecule has 0 aromatic carbocycles. The van der Waals surface area contributed by atoms with Gasteiger partial charge in [0.15, 0.2) is 0 Å². The van der Waals surface area contributed by atoms with Crippen LogP contribution in [0.5, 0.6) is 0 Å². The van der Waals surface area contributed by atoms with Crippen LogP contribution in [0.4, 0.5) is 0 Å². The van der Waals surface area contributed by atoms with Crippen LogP contribution in [0.25, 0.3) is 0 Å². The third-order valence-electron chi connectivity index (χ3n) is 3.18. The summed E-state index contributed by atoms with van der Waals surface area (Å²) in [6.07, 6.45) is 6.46. The van der Waals surface area contributed by atoms with E-state index in [2.05, 4.69) is 11.8 Å². The molecule has 1 aliphatic carbocycles. The van der Waals surface area contributed by atoms with Gasteiger partial charge in [0.05, 0.1) is 0 Å². The van der Waals surface area contributed by atoms with E-state index >= 15 is 0 Å². The fourth-order valence-electron chi connectivity index (χ4n) is 2.33. The Morgan fingerprint density at radius 2 is 1.93 bits per heavy atom. The van der Waals surface area contributed by atoms with Crippen LogP contribution in [0.3, 0.4) is 0 Å². The first-order valence-electron chi connectivity index (χ1n) is 5.79. The van der Waals surface area contributed by atoms with E-state index in [-0.39, 0.29) is 5.41 Å². The number of aldehydes is 1. The number of hydrogen-bond donors (Lipinski definition) is 0. The zero-order valence-corrected chi connectivity index (χ0v) is 9.75. The molecule has 0 bridgehead atoms. The van der Waals surface area contributed by atoms with Gasteiger partial charge in [0, 0.05) is 18.0 Å². The van der Waals surface area contributed by atoms with Crippen molar-refractivity contribution in [2.75, 3.05) is 13.1 Å². The highest BCUT2D eigenvalue weighted by molar-refractivity contribution is 5.58. The van der Waals surface area contributed by atoms with E-state index in [9.17, 15) is 4.79 Å². The number of rotatable bonds is 5. The Bertz CT molecular complexity index is 183. The summed E-state index contributed by atoms with van der Waals surface area (Å²) >= 11 is 0. The standard InChI is InChI=1S/C12H23NO/c1-4-13(9-12(2,3)10-14)11-7-5-6-8-11/h10-11H,4-9H2,1-3H3. The fraction of sp³-hybridized carbons (Fsp3) is 0.917. The molecule has 2 nitrogen and oxygen atoms in total. The molecule has 0 saturated heterocycles. The molecule has 0 radical (unpaired) electrons. The molecule has 0 N–H and O–H groups in total. The van der Waals surface area contributed by atoms with E-state index in [0.717, 1.165) is 25.4 Å². The zero-order valence-electron chi connectivity index (χ0n) is 9.75. The van der Waals surface area contributed by atoms with Crippen molar-refractivity contribution in [2.45, 2.75) is 52.5 Å². The van der Waals surface area contributed by atoms with E-state index in [1.54, 1.807) is 0 Å². The van der Waals surface area contributed by atoms with E-state index < -0.39 is 0 Å². The molecule has 0 aliphatic heterocycles. The summed E-state index contributed by atoms with van der Waals surface area (Å²) < 4.78 is 0. The summed E-state index contributed by atoms with van der Waals surface area (Å²) in [6.45, 7) is 8.23. The van der Waals surface area contributed by atoms with Crippen LogP contribution in [0, 0.1) is 5.41 Å². The molecule has 0 heterocycles. The molecule has 0 spiro atoms. The lowest BCUT2D eigenvalue weighted by molar-refractivity contribution is -0.115. The summed E-state index contributed by atoms with van der Waals surface area (Å²) in [7, 11) is 0. The molecule has 0 aromatic heterocycles. The summed E-state index contributed by atoms with van der Waals surface area (Å²) in [4.78, 5) is 13.3. The molecule has 1 saturated carbocycles. The van der Waals surface area contributed by atoms with E-state index in [4.69, 9.17) is 0 Å². The van der Waals surface area contributed by atoms with Gasteiger partial charge in [-0.15, -0.1) is 0 Å². The third kappa shape index (κ3) is 3.09. The summed E-state index contributed by atoms with van der Waals surface area (Å²) in [5, 5.41) is 0. The summed E-state index contributed by atoms with van der Waals surface area (Å²) in [5.74, 6) is 0. The Labute approximate surface area is 87.7 Å². The van der Waals surface area contributed by atoms with Gasteiger partial charge in [-0.3, -0.25) is 4.90 Å². The maximum absolute atomic E-state index is 10.9. The highest BCUT2D eigenvalue weighted by Crippen LogP contribution is 2.25. The van der Waals surface area contributed by atoms with Crippen LogP contribution in [0.2, 0.25) is 0 Å². The molecule has 2 heteroatoms. The second-order valence-corrected chi connectivity index (χ2v) is 5.11. The van der Waals surface area contributed by atoms with Crippen molar-refractivity contribution < 1.29 is 4.79 Å². The highest BCUT2D eigenvalue weighted by atomic mass is 16.1. The molecule has 0 unspecified atom stereocenters. The van der Waals surface area contributed by atoms with Crippen LogP contribution in [0.15, 0.2) is 0 Å². The number of hydrogen-bond acceptors (Lipinski definition) is 2. The molecule has 14 heavy (non-hydrogen) atoms. The topological polar surface area (TPSA) is 20.3 Å². The minimum absolute atomic E-state index is 0.182. The molecule has 1 rings (SSSR count). The maximum Gasteiger partial charge on any atom is 0.126 e. The first-order valence-corrected chi connectivity index (χ1v) is 5.79. The van der Waals surface area contributed by atoms with Gasteiger partial charge in [0.2, 0.25) is 0 Å². The van der Waals surface area contributed by atoms with Crippen LogP contribution in [-0.2, 0) is 4.79 Å². The van der Waals surface area contributed by atoms with Crippen molar-refractivity contribution in [3.8, 4) is 0 Å². The molecule has 0 amide bonds. The minimum atomic E-state index is -0.182. The molecule has 82 valence electrons. The lowest BCUT2D eigenvalue weighted by Gasteiger charge is -2.32. The monoisotopic (exact) mass is 197 g/mol. The van der Waals surface area contributed by atoms with Crippen molar-refractivity contribution in [1.82, 2.24) is 4.90 Å². The van der Waals surface area contributed by atoms with Crippen molar-refractivity contribution in [2.24, 2.45) is 5.41 Å². The van der Waals surface area contributed by atoms with Crippen LogP contribution in [-0.4, -0.2) is 30.3 Å². The third-order valence-corrected chi connectivity index (χ3v) is 3.18. The smallest absolute Gasteiger partial charge is 0.126 e. The molecular weight excluding hydrogens is 174 g/mol. The SMILES string of the molecule is CCN(CC(C)(C)C=O)C1CCCC1. The van der Waals surface area contributed by atoms with E-state index in [1.807, 2.05) is 13.8 Å². The van der Waals surface area contributed by atoms with Gasteiger partial charge < -0.3 is 4.79 Å². The Morgan fingerprint density at radius 3 is 2.36 bits per heavy atom. The zero-order chi connectivity index (χ0) is 10.6. The lowest BCUT2D eigenvalue weighted by Crippen LogP contribution is -2.40. The fourth-order valence-corrected chi connectivity index (χ4v) is 2.33. The number of carbonyl (C=O) groups is 1. The molecule has 1 aliphatic rings. The highest BCUT2D eigenvalue weighted by Gasteiger charge is 2.27. The summed E-state index contributed by atoms with van der Waals surface area (Å²) in [5.41, 5.74) is -0.182. The first-order chi connectivity index (χ1) is 6.59. The molecular formula is C12H23NO. The predicted molar refractivity (Wildman–Crippen MR) is 59.3 cm³/mol. The quantitative estimate of drug-likeness (QED) is 0.631. The molecule has 0 aromatic rings. The number of carbonyl (C=O) groups excluding carboxylic acids is 1. The average molecular weight is 197 g/mol. The van der Waals surface area contributed by atoms with Gasteiger partial charge in [0.1, 0.15) is 6.29 Å². The van der Waals surface area contributed by atoms with Gasteiger partial charge in [-0.25, -0.2) is 0 Å². The minimum Gasteiger partial charge on any atom is -0.303 e. The lowest BCUT2D eigenvalue weighted by atomic mass is 9.94. The predicted octanol–water partition coefficient (Wildman–Crippen LogP) is 2.48. The van der Waals surface area contributed by atoms with E-state index in [1.165, 1.54) is 25.7 Å². The van der Waals surface area contributed by atoms with Crippen molar-refractivity contribution in [1.29, 1.82) is 0 Å². The van der Waals surface area contributed by atoms with Crippen molar-refractivity contribution in [3.05, 3.63) is 0 Å². The van der Waals surface area contributed by atoms with Crippen molar-refractivity contribution in [3.63, 3.8) is 0 Å². The second-order valence-electron chi connectivity index (χ2n) is 5.11. The average Bonchev–Trinajstić information content (AvgIpc) is 2.67. The Hall–Kier alpha value is -0.370. The first kappa shape index (κ1) is 11.7. The van der Waals surface area contributed by atoms with Gasteiger partial charge in [-0.05, 0) is 19.4 Å². The van der Waals surface area contributed by atoms with Gasteiger partial charge in [-0.2, -0.15) is 0 Å². The molecule has 0 atom stereocenters. The second kappa shape index (κ2) is 4.92. The Morgan fingerprint density at radius 1 is 1.36 bits per heavy atom. The Balaban J connectivity index is 2.49. The van der Waals surface area contributed by atoms with Crippen LogP contribution >= 0.6 is 0 Å². The number of nitrogens with zero attached hydrogens (tertiary/aromatic N) is 1. The maximum atomic E-state index is 10.9. The van der Waals surface area contributed by atoms with Crippen LogP contribution in [0.1, 0.15) is 46.5 Å². The van der Waals surface area contributed by atoms with Gasteiger partial charge >= 0.3 is 0 Å². The summed E-state index contributed by atoms with van der Waals surface area (Å²) in [6, 6.07) is 0.735. The van der Waals surface area contributed by atoms with Gasteiger partial charge in [-0.1, -0.05) is 33.6 Å². The van der Waals surface area contributed by atoms with Crippen molar-refractivity contribution >= 4 is 6.29 Å². The largest absolute Gasteiger partial charge is 0.303 e. The van der Waals surface area contributed by atoms with Gasteiger partial charge in [0.25, 0.3) is 0 Å². The van der Waals surface area contributed by atoms with E-state index in [0.29, 0.717) is 0 Å². The Kier molecular flexibility index (Phi) is 4.11. The molecule has 1 fully saturated rings.